The Bertz CT molecular complexity index is 283. The number of carbonyl (C=O) groups excluding carboxylic acids is 1. The van der Waals surface area contributed by atoms with Crippen LogP contribution in [0.1, 0.15) is 12.8 Å². The van der Waals surface area contributed by atoms with Crippen molar-refractivity contribution in [1.29, 1.82) is 0 Å². The second-order valence-corrected chi connectivity index (χ2v) is 5.80. The fourth-order valence-corrected chi connectivity index (χ4v) is 1.74. The molecule has 1 aliphatic heterocycles. The van der Waals surface area contributed by atoms with Crippen molar-refractivity contribution >= 4 is 28.0 Å². The molecule has 6 heteroatoms. The molecular formula is C7H15ClN2O2S. The Morgan fingerprint density at radius 2 is 2.15 bits per heavy atom. The average Bonchev–Trinajstić information content (AvgIpc) is 2.32. The van der Waals surface area contributed by atoms with Crippen molar-refractivity contribution in [3.05, 3.63) is 0 Å². The molecule has 13 heavy (non-hydrogen) atoms. The van der Waals surface area contributed by atoms with Gasteiger partial charge in [0, 0.05) is 22.2 Å². The van der Waals surface area contributed by atoms with Crippen molar-refractivity contribution in [1.82, 2.24) is 5.32 Å². The van der Waals surface area contributed by atoms with Crippen LogP contribution >= 0.6 is 12.4 Å². The highest BCUT2D eigenvalue weighted by Crippen LogP contribution is 2.06. The fraction of sp³-hybridized carbons (Fsp3) is 0.857. The molecule has 0 aromatic rings. The molecule has 0 radical (unpaired) electrons. The lowest BCUT2D eigenvalue weighted by Gasteiger charge is -2.03. The average molecular weight is 227 g/mol. The molecule has 1 amide bonds. The van der Waals surface area contributed by atoms with Crippen molar-refractivity contribution in [3.8, 4) is 0 Å². The predicted molar refractivity (Wildman–Crippen MR) is 55.7 cm³/mol. The van der Waals surface area contributed by atoms with E-state index < -0.39 is 9.73 Å². The first kappa shape index (κ1) is 12.9. The van der Waals surface area contributed by atoms with Crippen LogP contribution in [-0.4, -0.2) is 35.2 Å². The lowest BCUT2D eigenvalue weighted by molar-refractivity contribution is -0.119. The molecule has 0 aromatic heterocycles. The molecule has 0 spiro atoms. The van der Waals surface area contributed by atoms with E-state index in [0.29, 0.717) is 0 Å². The molecule has 1 aliphatic rings. The van der Waals surface area contributed by atoms with Gasteiger partial charge in [0.05, 0.1) is 6.04 Å². The zero-order valence-corrected chi connectivity index (χ0v) is 9.41. The number of nitrogens with one attached hydrogen (secondary N) is 1. The lowest BCUT2D eigenvalue weighted by atomic mass is 10.2. The zero-order chi connectivity index (χ0) is 9.19. The third-order valence-corrected chi connectivity index (χ3v) is 2.29. The summed E-state index contributed by atoms with van der Waals surface area (Å²) in [6.07, 6.45) is 4.76. The maximum absolute atomic E-state index is 11.3. The van der Waals surface area contributed by atoms with E-state index in [2.05, 4.69) is 9.68 Å². The van der Waals surface area contributed by atoms with E-state index in [0.717, 1.165) is 19.4 Å². The molecule has 0 aromatic carbocycles. The van der Waals surface area contributed by atoms with Gasteiger partial charge in [-0.25, -0.2) is 4.21 Å². The number of nitrogens with zero attached hydrogens (tertiary/aromatic N) is 1. The molecule has 1 rings (SSSR count). The summed E-state index contributed by atoms with van der Waals surface area (Å²) in [6, 6.07) is -0.189. The number of halogens is 1. The van der Waals surface area contributed by atoms with E-state index in [1.165, 1.54) is 12.5 Å². The van der Waals surface area contributed by atoms with Gasteiger partial charge < -0.3 is 5.32 Å². The van der Waals surface area contributed by atoms with Crippen molar-refractivity contribution in [2.75, 3.05) is 19.1 Å². The molecule has 1 atom stereocenters. The Kier molecular flexibility index (Phi) is 4.88. The molecule has 1 saturated heterocycles. The largest absolute Gasteiger partial charge is 0.306 e. The van der Waals surface area contributed by atoms with Gasteiger partial charge in [-0.05, 0) is 19.4 Å². The standard InChI is InChI=1S/C7H14N2O2S.ClH/c1-12(2,11)9-7(10)6-4-3-5-8-6;/h6,8H,3-5H2,1-2H3;1H. The minimum absolute atomic E-state index is 0. The predicted octanol–water partition coefficient (Wildman–Crippen LogP) is 0.414. The Morgan fingerprint density at radius 3 is 2.54 bits per heavy atom. The van der Waals surface area contributed by atoms with Crippen molar-refractivity contribution in [2.45, 2.75) is 18.9 Å². The van der Waals surface area contributed by atoms with Crippen LogP contribution in [0.2, 0.25) is 0 Å². The molecule has 0 aliphatic carbocycles. The molecule has 78 valence electrons. The number of rotatable bonds is 1. The summed E-state index contributed by atoms with van der Waals surface area (Å²) in [4.78, 5) is 11.3. The van der Waals surface area contributed by atoms with Crippen LogP contribution in [0.25, 0.3) is 0 Å². The third-order valence-electron chi connectivity index (χ3n) is 1.67. The molecule has 1 N–H and O–H groups in total. The topological polar surface area (TPSA) is 58.5 Å². The first-order chi connectivity index (χ1) is 5.49. The quantitative estimate of drug-likeness (QED) is 0.705. The van der Waals surface area contributed by atoms with Gasteiger partial charge in [0.15, 0.2) is 0 Å². The highest BCUT2D eigenvalue weighted by atomic mass is 35.5. The first-order valence-electron chi connectivity index (χ1n) is 3.93. The van der Waals surface area contributed by atoms with E-state index in [9.17, 15) is 9.00 Å². The van der Waals surface area contributed by atoms with Gasteiger partial charge in [0.25, 0.3) is 5.91 Å². The Morgan fingerprint density at radius 1 is 1.54 bits per heavy atom. The molecule has 4 nitrogen and oxygen atoms in total. The fourth-order valence-electron chi connectivity index (χ4n) is 1.18. The molecular weight excluding hydrogens is 212 g/mol. The van der Waals surface area contributed by atoms with Crippen LogP contribution in [-0.2, 0) is 14.5 Å². The summed E-state index contributed by atoms with van der Waals surface area (Å²) in [5, 5.41) is 3.01. The minimum Gasteiger partial charge on any atom is -0.306 e. The van der Waals surface area contributed by atoms with Crippen LogP contribution in [0.15, 0.2) is 4.36 Å². The van der Waals surface area contributed by atoms with Crippen molar-refractivity contribution < 1.29 is 9.00 Å². The maximum atomic E-state index is 11.3. The van der Waals surface area contributed by atoms with Crippen LogP contribution in [0.4, 0.5) is 0 Å². The number of hydrogen-bond acceptors (Lipinski definition) is 3. The molecule has 1 unspecified atom stereocenters. The summed E-state index contributed by atoms with van der Waals surface area (Å²) < 4.78 is 14.8. The van der Waals surface area contributed by atoms with E-state index in [1.807, 2.05) is 0 Å². The van der Waals surface area contributed by atoms with E-state index in [4.69, 9.17) is 0 Å². The van der Waals surface area contributed by atoms with Gasteiger partial charge in [-0.15, -0.1) is 12.4 Å². The second-order valence-electron chi connectivity index (χ2n) is 3.26. The highest BCUT2D eigenvalue weighted by Gasteiger charge is 2.21. The smallest absolute Gasteiger partial charge is 0.270 e. The van der Waals surface area contributed by atoms with Crippen molar-refractivity contribution in [2.24, 2.45) is 4.36 Å². The third kappa shape index (κ3) is 4.59. The first-order valence-corrected chi connectivity index (χ1v) is 6.26. The van der Waals surface area contributed by atoms with Crippen LogP contribution in [0, 0.1) is 0 Å². The van der Waals surface area contributed by atoms with E-state index in [-0.39, 0.29) is 24.4 Å². The maximum Gasteiger partial charge on any atom is 0.270 e. The normalized spacial score (nSPS) is 22.2. The van der Waals surface area contributed by atoms with E-state index >= 15 is 0 Å². The van der Waals surface area contributed by atoms with Crippen LogP contribution in [0.5, 0.6) is 0 Å². The molecule has 1 heterocycles. The molecule has 1 fully saturated rings. The Labute approximate surface area is 85.1 Å². The molecule has 0 bridgehead atoms. The Balaban J connectivity index is 0.00000144. The Hall–Kier alpha value is -0.130. The summed E-state index contributed by atoms with van der Waals surface area (Å²) in [6.45, 7) is 0.862. The SMILES string of the molecule is CS(C)(=O)=NC(=O)C1CCCN1.Cl. The van der Waals surface area contributed by atoms with Gasteiger partial charge >= 0.3 is 0 Å². The minimum atomic E-state index is -2.28. The van der Waals surface area contributed by atoms with Crippen LogP contribution in [0.3, 0.4) is 0 Å². The zero-order valence-electron chi connectivity index (χ0n) is 7.78. The van der Waals surface area contributed by atoms with Gasteiger partial charge in [0.2, 0.25) is 0 Å². The number of carbonyl (C=O) groups is 1. The van der Waals surface area contributed by atoms with Crippen LogP contribution < -0.4 is 5.32 Å². The van der Waals surface area contributed by atoms with Gasteiger partial charge in [-0.1, -0.05) is 0 Å². The van der Waals surface area contributed by atoms with Gasteiger partial charge in [0.1, 0.15) is 0 Å². The van der Waals surface area contributed by atoms with Gasteiger partial charge in [-0.2, -0.15) is 4.36 Å². The van der Waals surface area contributed by atoms with E-state index in [1.54, 1.807) is 0 Å². The number of hydrogen-bond donors (Lipinski definition) is 1. The summed E-state index contributed by atoms with van der Waals surface area (Å²) >= 11 is 0. The summed E-state index contributed by atoms with van der Waals surface area (Å²) in [7, 11) is -2.28. The summed E-state index contributed by atoms with van der Waals surface area (Å²) in [5.41, 5.74) is 0. The monoisotopic (exact) mass is 226 g/mol. The molecule has 0 saturated carbocycles. The lowest BCUT2D eigenvalue weighted by Crippen LogP contribution is -2.29. The summed E-state index contributed by atoms with van der Waals surface area (Å²) in [5.74, 6) is -0.262. The number of amides is 1. The van der Waals surface area contributed by atoms with Gasteiger partial charge in [-0.3, -0.25) is 4.79 Å². The second kappa shape index (κ2) is 4.93. The van der Waals surface area contributed by atoms with Crippen molar-refractivity contribution in [3.63, 3.8) is 0 Å². The highest BCUT2D eigenvalue weighted by molar-refractivity contribution is 7.92.